The van der Waals surface area contributed by atoms with Gasteiger partial charge in [0.15, 0.2) is 5.82 Å². The van der Waals surface area contributed by atoms with Crippen LogP contribution in [-0.4, -0.2) is 41.1 Å². The third-order valence-corrected chi connectivity index (χ3v) is 9.45. The maximum atomic E-state index is 13.3. The van der Waals surface area contributed by atoms with Crippen molar-refractivity contribution in [3.8, 4) is 22.3 Å². The summed E-state index contributed by atoms with van der Waals surface area (Å²) in [7, 11) is -1.95. The van der Waals surface area contributed by atoms with Gasteiger partial charge in [-0.15, -0.1) is 0 Å². The van der Waals surface area contributed by atoms with Crippen LogP contribution in [0, 0.1) is 7.14 Å². The number of rotatable bonds is 8. The molecule has 5 aromatic rings. The number of halogens is 4. The number of amides is 1. The van der Waals surface area contributed by atoms with Crippen molar-refractivity contribution >= 4 is 101 Å². The lowest BCUT2D eigenvalue weighted by molar-refractivity contribution is 0.0502. The number of aryl methyl sites for hydroxylation is 1. The van der Waals surface area contributed by atoms with Gasteiger partial charge < -0.3 is 10.1 Å². The van der Waals surface area contributed by atoms with Gasteiger partial charge in [-0.05, 0) is 114 Å². The van der Waals surface area contributed by atoms with Crippen LogP contribution in [0.2, 0.25) is 10.0 Å². The molecule has 0 fully saturated rings. The summed E-state index contributed by atoms with van der Waals surface area (Å²) in [4.78, 5) is 18.3. The van der Waals surface area contributed by atoms with E-state index in [-0.39, 0.29) is 5.82 Å². The molecule has 0 spiro atoms. The molecule has 14 heteroatoms. The van der Waals surface area contributed by atoms with Crippen LogP contribution in [0.5, 0.6) is 0 Å². The van der Waals surface area contributed by atoms with Crippen LogP contribution >= 0.6 is 68.4 Å². The molecule has 0 aliphatic rings. The molecular formula is C33H31Cl2I2N5O4S. The van der Waals surface area contributed by atoms with Crippen molar-refractivity contribution in [1.82, 2.24) is 20.1 Å². The fraction of sp³-hybridized carbons (Fsp3) is 0.242. The second-order valence-corrected chi connectivity index (χ2v) is 17.0. The molecule has 0 aliphatic carbocycles. The van der Waals surface area contributed by atoms with Gasteiger partial charge in [0.1, 0.15) is 5.60 Å². The fourth-order valence-corrected chi connectivity index (χ4v) is 8.33. The summed E-state index contributed by atoms with van der Waals surface area (Å²) < 4.78 is 36.4. The van der Waals surface area contributed by atoms with E-state index in [1.54, 1.807) is 50.8 Å². The Balaban J connectivity index is 1.79. The third kappa shape index (κ3) is 8.69. The smallest absolute Gasteiger partial charge is 0.408 e. The molecule has 47 heavy (non-hydrogen) atoms. The van der Waals surface area contributed by atoms with Gasteiger partial charge in [0.2, 0.25) is 10.0 Å². The number of anilines is 1. The summed E-state index contributed by atoms with van der Waals surface area (Å²) in [5.74, 6) is 0.102. The second-order valence-electron chi connectivity index (χ2n) is 12.0. The molecule has 5 rings (SSSR count). The maximum absolute atomic E-state index is 13.3. The van der Waals surface area contributed by atoms with Gasteiger partial charge in [-0.25, -0.2) is 13.2 Å². The van der Waals surface area contributed by atoms with E-state index in [0.29, 0.717) is 44.2 Å². The number of carbonyl (C=O) groups excluding carboxylic acids is 1. The lowest BCUT2D eigenvalue weighted by atomic mass is 9.92. The number of fused-ring (bicyclic) bond motifs is 1. The minimum absolute atomic E-state index is 0.102. The normalized spacial score (nSPS) is 12.6. The number of ether oxygens (including phenoxy) is 1. The molecule has 1 atom stereocenters. The first kappa shape index (κ1) is 35.6. The van der Waals surface area contributed by atoms with Gasteiger partial charge in [-0.3, -0.25) is 14.4 Å². The Morgan fingerprint density at radius 2 is 1.66 bits per heavy atom. The molecule has 3 aromatic carbocycles. The SMILES string of the molecule is Cn1nc(NS(C)(=O)=O)c2c(Cl)ccc(-c3cc(-c4ccccc4Cl)cnc3[C@H](Cc3cc(I)cc(I)c3)NC(=O)OC(C)(C)C)c21. The summed E-state index contributed by atoms with van der Waals surface area (Å²) in [6, 6.07) is 18.5. The first-order valence-electron chi connectivity index (χ1n) is 14.3. The van der Waals surface area contributed by atoms with Crippen LogP contribution in [0.4, 0.5) is 10.6 Å². The van der Waals surface area contributed by atoms with Crippen LogP contribution in [0.15, 0.2) is 66.9 Å². The Labute approximate surface area is 311 Å². The predicted molar refractivity (Wildman–Crippen MR) is 206 cm³/mol. The highest BCUT2D eigenvalue weighted by atomic mass is 127. The number of nitrogens with one attached hydrogen (secondary N) is 2. The Bertz CT molecular complexity index is 2100. The standard InChI is InChI=1S/C33H31Cl2I2N5O4S/c1-33(2,3)46-32(43)39-27(14-18-12-20(36)16-21(37)13-18)29-24(15-19(17-38-29)22-8-6-7-9-25(22)34)23-10-11-26(35)28-30(23)42(4)40-31(28)41-47(5,44)45/h6-13,15-17,27H,14H2,1-5H3,(H,39,43)(H,40,41)/t27-/m0/s1. The predicted octanol–water partition coefficient (Wildman–Crippen LogP) is 9.00. The average Bonchev–Trinajstić information content (AvgIpc) is 3.26. The lowest BCUT2D eigenvalue weighted by Crippen LogP contribution is -2.36. The summed E-state index contributed by atoms with van der Waals surface area (Å²) in [6.45, 7) is 5.42. The van der Waals surface area contributed by atoms with E-state index in [9.17, 15) is 13.2 Å². The molecule has 0 saturated heterocycles. The zero-order valence-electron chi connectivity index (χ0n) is 26.0. The van der Waals surface area contributed by atoms with Crippen molar-refractivity contribution in [2.24, 2.45) is 7.05 Å². The van der Waals surface area contributed by atoms with E-state index in [0.717, 1.165) is 30.1 Å². The van der Waals surface area contributed by atoms with Gasteiger partial charge in [-0.1, -0.05) is 47.5 Å². The van der Waals surface area contributed by atoms with E-state index < -0.39 is 27.8 Å². The third-order valence-electron chi connectivity index (χ3n) is 7.00. The molecule has 0 aliphatic heterocycles. The maximum Gasteiger partial charge on any atom is 0.408 e. The highest BCUT2D eigenvalue weighted by Crippen LogP contribution is 2.41. The Morgan fingerprint density at radius 3 is 2.30 bits per heavy atom. The summed E-state index contributed by atoms with van der Waals surface area (Å²) in [5.41, 5.74) is 4.25. The highest BCUT2D eigenvalue weighted by Gasteiger charge is 2.27. The molecule has 2 N–H and O–H groups in total. The first-order chi connectivity index (χ1) is 22.0. The van der Waals surface area contributed by atoms with Crippen molar-refractivity contribution in [2.45, 2.75) is 38.8 Å². The Hall–Kier alpha value is -2.66. The fourth-order valence-electron chi connectivity index (χ4n) is 5.28. The average molecular weight is 918 g/mol. The van der Waals surface area contributed by atoms with Crippen LogP contribution in [0.25, 0.3) is 33.2 Å². The van der Waals surface area contributed by atoms with Gasteiger partial charge in [0.05, 0.1) is 33.9 Å². The molecular weight excluding hydrogens is 887 g/mol. The number of alkyl carbamates (subject to hydrolysis) is 1. The second kappa shape index (κ2) is 14.1. The van der Waals surface area contributed by atoms with Crippen molar-refractivity contribution in [1.29, 1.82) is 0 Å². The lowest BCUT2D eigenvalue weighted by Gasteiger charge is -2.25. The van der Waals surface area contributed by atoms with Gasteiger partial charge in [0.25, 0.3) is 0 Å². The summed E-state index contributed by atoms with van der Waals surface area (Å²) >= 11 is 17.9. The van der Waals surface area contributed by atoms with E-state index in [1.165, 1.54) is 0 Å². The van der Waals surface area contributed by atoms with Crippen LogP contribution in [0.3, 0.4) is 0 Å². The largest absolute Gasteiger partial charge is 0.444 e. The zero-order valence-corrected chi connectivity index (χ0v) is 32.7. The molecule has 0 saturated carbocycles. The van der Waals surface area contributed by atoms with E-state index in [4.69, 9.17) is 32.9 Å². The molecule has 0 unspecified atom stereocenters. The molecule has 0 bridgehead atoms. The molecule has 2 aromatic heterocycles. The Kier molecular flexibility index (Phi) is 10.7. The van der Waals surface area contributed by atoms with E-state index in [2.05, 4.69) is 78.5 Å². The monoisotopic (exact) mass is 917 g/mol. The van der Waals surface area contributed by atoms with E-state index >= 15 is 0 Å². The van der Waals surface area contributed by atoms with Gasteiger partial charge in [0, 0.05) is 47.7 Å². The van der Waals surface area contributed by atoms with E-state index in [1.807, 2.05) is 30.3 Å². The topological polar surface area (TPSA) is 115 Å². The molecule has 246 valence electrons. The van der Waals surface area contributed by atoms with Crippen molar-refractivity contribution < 1.29 is 17.9 Å². The summed E-state index contributed by atoms with van der Waals surface area (Å²) in [5, 5.41) is 8.84. The molecule has 2 heterocycles. The quantitative estimate of drug-likeness (QED) is 0.150. The molecule has 9 nitrogen and oxygen atoms in total. The number of sulfonamides is 1. The minimum atomic E-state index is -3.66. The van der Waals surface area contributed by atoms with Gasteiger partial charge >= 0.3 is 6.09 Å². The number of hydrogen-bond donors (Lipinski definition) is 2. The zero-order chi connectivity index (χ0) is 34.3. The minimum Gasteiger partial charge on any atom is -0.444 e. The number of aromatic nitrogens is 3. The van der Waals surface area contributed by atoms with Gasteiger partial charge in [-0.2, -0.15) is 5.10 Å². The van der Waals surface area contributed by atoms with Crippen molar-refractivity contribution in [2.75, 3.05) is 11.0 Å². The molecule has 0 radical (unpaired) electrons. The van der Waals surface area contributed by atoms with Crippen LogP contribution < -0.4 is 10.0 Å². The Morgan fingerprint density at radius 1 is 0.979 bits per heavy atom. The van der Waals surface area contributed by atoms with Crippen molar-refractivity contribution in [3.05, 3.63) is 95.3 Å². The number of nitrogens with zero attached hydrogens (tertiary/aromatic N) is 3. The number of hydrogen-bond acceptors (Lipinski definition) is 6. The highest BCUT2D eigenvalue weighted by molar-refractivity contribution is 14.1. The van der Waals surface area contributed by atoms with Crippen LogP contribution in [0.1, 0.15) is 38.1 Å². The molecule has 1 amide bonds. The van der Waals surface area contributed by atoms with Crippen molar-refractivity contribution in [3.63, 3.8) is 0 Å². The number of pyridine rings is 1. The van der Waals surface area contributed by atoms with Crippen LogP contribution in [-0.2, 0) is 28.2 Å². The first-order valence-corrected chi connectivity index (χ1v) is 19.1. The summed E-state index contributed by atoms with van der Waals surface area (Å²) in [6.07, 6.45) is 2.60. The number of carbonyl (C=O) groups is 1. The number of benzene rings is 3.